The Morgan fingerprint density at radius 1 is 1.47 bits per heavy atom. The first-order chi connectivity index (χ1) is 7.06. The van der Waals surface area contributed by atoms with E-state index in [4.69, 9.17) is 5.73 Å². The van der Waals surface area contributed by atoms with Gasteiger partial charge < -0.3 is 10.6 Å². The molecule has 1 aromatic rings. The average Bonchev–Trinajstić information content (AvgIpc) is 2.21. The van der Waals surface area contributed by atoms with Crippen LogP contribution >= 0.6 is 15.9 Å². The monoisotopic (exact) mass is 270 g/mol. The van der Waals surface area contributed by atoms with Crippen molar-refractivity contribution in [1.29, 1.82) is 0 Å². The minimum Gasteiger partial charge on any atom is -0.372 e. The summed E-state index contributed by atoms with van der Waals surface area (Å²) in [6.07, 6.45) is 1.02. The molecular weight excluding hydrogens is 252 g/mol. The van der Waals surface area contributed by atoms with E-state index in [-0.39, 0.29) is 0 Å². The fourth-order valence-electron chi connectivity index (χ4n) is 1.63. The van der Waals surface area contributed by atoms with Crippen molar-refractivity contribution in [3.05, 3.63) is 28.2 Å². The summed E-state index contributed by atoms with van der Waals surface area (Å²) in [6, 6.07) is 6.83. The molecule has 15 heavy (non-hydrogen) atoms. The van der Waals surface area contributed by atoms with Crippen LogP contribution in [0.3, 0.4) is 0 Å². The summed E-state index contributed by atoms with van der Waals surface area (Å²) in [5.41, 5.74) is 8.14. The molecule has 0 aliphatic rings. The fourth-order valence-corrected chi connectivity index (χ4v) is 1.98. The molecule has 2 N–H and O–H groups in total. The van der Waals surface area contributed by atoms with Gasteiger partial charge in [0.1, 0.15) is 0 Å². The van der Waals surface area contributed by atoms with Gasteiger partial charge in [0, 0.05) is 23.2 Å². The summed E-state index contributed by atoms with van der Waals surface area (Å²) in [4.78, 5) is 2.28. The second-order valence-corrected chi connectivity index (χ2v) is 4.88. The van der Waals surface area contributed by atoms with E-state index in [1.54, 1.807) is 0 Å². The lowest BCUT2D eigenvalue weighted by atomic mass is 10.1. The van der Waals surface area contributed by atoms with Gasteiger partial charge in [-0.05, 0) is 44.5 Å². The molecule has 3 heteroatoms. The van der Waals surface area contributed by atoms with Crippen LogP contribution in [0, 0.1) is 6.92 Å². The maximum absolute atomic E-state index is 5.58. The van der Waals surface area contributed by atoms with E-state index in [0.717, 1.165) is 17.4 Å². The molecule has 0 heterocycles. The lowest BCUT2D eigenvalue weighted by molar-refractivity contribution is 0.634. The van der Waals surface area contributed by atoms with Crippen LogP contribution < -0.4 is 10.6 Å². The Bertz CT molecular complexity index is 325. The van der Waals surface area contributed by atoms with Crippen molar-refractivity contribution in [3.63, 3.8) is 0 Å². The van der Waals surface area contributed by atoms with E-state index >= 15 is 0 Å². The van der Waals surface area contributed by atoms with Gasteiger partial charge in [-0.15, -0.1) is 0 Å². The van der Waals surface area contributed by atoms with Crippen molar-refractivity contribution in [2.24, 2.45) is 5.73 Å². The third-order valence-corrected chi connectivity index (χ3v) is 3.29. The number of hydrogen-bond donors (Lipinski definition) is 1. The Hall–Kier alpha value is -0.540. The SMILES string of the molecule is Cc1ccc(Br)cc1N(C)C(C)CCN. The van der Waals surface area contributed by atoms with Crippen LogP contribution in [0.2, 0.25) is 0 Å². The quantitative estimate of drug-likeness (QED) is 0.912. The number of nitrogens with two attached hydrogens (primary N) is 1. The van der Waals surface area contributed by atoms with E-state index < -0.39 is 0 Å². The third-order valence-electron chi connectivity index (χ3n) is 2.80. The van der Waals surface area contributed by atoms with Crippen molar-refractivity contribution >= 4 is 21.6 Å². The van der Waals surface area contributed by atoms with Crippen LogP contribution in [0.4, 0.5) is 5.69 Å². The number of benzene rings is 1. The zero-order valence-corrected chi connectivity index (χ0v) is 11.2. The van der Waals surface area contributed by atoms with Crippen LogP contribution in [0.5, 0.6) is 0 Å². The van der Waals surface area contributed by atoms with E-state index in [0.29, 0.717) is 6.04 Å². The summed E-state index contributed by atoms with van der Waals surface area (Å²) in [5.74, 6) is 0. The minimum atomic E-state index is 0.475. The van der Waals surface area contributed by atoms with Crippen LogP contribution in [0.15, 0.2) is 22.7 Å². The molecule has 1 unspecified atom stereocenters. The Morgan fingerprint density at radius 3 is 2.73 bits per heavy atom. The topological polar surface area (TPSA) is 29.3 Å². The molecule has 0 bridgehead atoms. The number of nitrogens with zero attached hydrogens (tertiary/aromatic N) is 1. The highest BCUT2D eigenvalue weighted by Crippen LogP contribution is 2.25. The Kier molecular flexibility index (Phi) is 4.61. The van der Waals surface area contributed by atoms with E-state index in [2.05, 4.69) is 59.9 Å². The van der Waals surface area contributed by atoms with E-state index in [1.165, 1.54) is 11.3 Å². The summed E-state index contributed by atoms with van der Waals surface area (Å²) < 4.78 is 1.12. The van der Waals surface area contributed by atoms with Gasteiger partial charge in [-0.3, -0.25) is 0 Å². The first-order valence-electron chi connectivity index (χ1n) is 5.25. The number of aryl methyl sites for hydroxylation is 1. The molecule has 0 saturated carbocycles. The first kappa shape index (κ1) is 12.5. The molecule has 0 aliphatic heterocycles. The molecule has 84 valence electrons. The van der Waals surface area contributed by atoms with Gasteiger partial charge in [0.15, 0.2) is 0 Å². The van der Waals surface area contributed by atoms with Gasteiger partial charge in [-0.2, -0.15) is 0 Å². The highest BCUT2D eigenvalue weighted by atomic mass is 79.9. The van der Waals surface area contributed by atoms with Gasteiger partial charge in [-0.25, -0.2) is 0 Å². The highest BCUT2D eigenvalue weighted by Gasteiger charge is 2.11. The zero-order valence-electron chi connectivity index (χ0n) is 9.63. The van der Waals surface area contributed by atoms with Crippen molar-refractivity contribution in [2.75, 3.05) is 18.5 Å². The molecule has 0 fully saturated rings. The average molecular weight is 271 g/mol. The van der Waals surface area contributed by atoms with Crippen LogP contribution in [-0.2, 0) is 0 Å². The molecule has 2 nitrogen and oxygen atoms in total. The highest BCUT2D eigenvalue weighted by molar-refractivity contribution is 9.10. The normalized spacial score (nSPS) is 12.6. The smallest absolute Gasteiger partial charge is 0.0407 e. The summed E-state index contributed by atoms with van der Waals surface area (Å²) in [7, 11) is 2.12. The Labute approximate surface area is 101 Å². The largest absolute Gasteiger partial charge is 0.372 e. The second kappa shape index (κ2) is 5.52. The van der Waals surface area contributed by atoms with Gasteiger partial charge >= 0.3 is 0 Å². The summed E-state index contributed by atoms with van der Waals surface area (Å²) >= 11 is 3.50. The maximum Gasteiger partial charge on any atom is 0.0407 e. The van der Waals surface area contributed by atoms with Gasteiger partial charge in [0.05, 0.1) is 0 Å². The molecule has 0 aromatic heterocycles. The van der Waals surface area contributed by atoms with Crippen LogP contribution in [0.1, 0.15) is 18.9 Å². The van der Waals surface area contributed by atoms with Gasteiger partial charge in [0.2, 0.25) is 0 Å². The number of anilines is 1. The molecule has 1 atom stereocenters. The lowest BCUT2D eigenvalue weighted by Gasteiger charge is -2.28. The number of hydrogen-bond acceptors (Lipinski definition) is 2. The molecule has 1 rings (SSSR count). The molecule has 0 amide bonds. The zero-order chi connectivity index (χ0) is 11.4. The molecule has 0 aliphatic carbocycles. The number of halogens is 1. The van der Waals surface area contributed by atoms with Crippen LogP contribution in [0.25, 0.3) is 0 Å². The predicted octanol–water partition coefficient (Wildman–Crippen LogP) is 2.93. The predicted molar refractivity (Wildman–Crippen MR) is 70.4 cm³/mol. The van der Waals surface area contributed by atoms with Gasteiger partial charge in [-0.1, -0.05) is 22.0 Å². The summed E-state index contributed by atoms with van der Waals surface area (Å²) in [6.45, 7) is 5.07. The number of rotatable bonds is 4. The fraction of sp³-hybridized carbons (Fsp3) is 0.500. The lowest BCUT2D eigenvalue weighted by Crippen LogP contribution is -2.31. The summed E-state index contributed by atoms with van der Waals surface area (Å²) in [5, 5.41) is 0. The van der Waals surface area contributed by atoms with E-state index in [9.17, 15) is 0 Å². The Balaban J connectivity index is 2.89. The molecule has 0 spiro atoms. The van der Waals surface area contributed by atoms with E-state index in [1.807, 2.05) is 0 Å². The maximum atomic E-state index is 5.58. The second-order valence-electron chi connectivity index (χ2n) is 3.97. The van der Waals surface area contributed by atoms with Gasteiger partial charge in [0.25, 0.3) is 0 Å². The van der Waals surface area contributed by atoms with Crippen LogP contribution in [-0.4, -0.2) is 19.6 Å². The third kappa shape index (κ3) is 3.21. The molecule has 1 aromatic carbocycles. The molecule has 0 saturated heterocycles. The Morgan fingerprint density at radius 2 is 2.13 bits per heavy atom. The standard InChI is InChI=1S/C12H19BrN2/c1-9-4-5-11(13)8-12(9)15(3)10(2)6-7-14/h4-5,8,10H,6-7,14H2,1-3H3. The van der Waals surface area contributed by atoms with Crippen molar-refractivity contribution in [2.45, 2.75) is 26.3 Å². The first-order valence-corrected chi connectivity index (χ1v) is 6.04. The van der Waals surface area contributed by atoms with Crippen molar-refractivity contribution in [1.82, 2.24) is 0 Å². The van der Waals surface area contributed by atoms with Crippen molar-refractivity contribution < 1.29 is 0 Å². The minimum absolute atomic E-state index is 0.475. The van der Waals surface area contributed by atoms with Crippen molar-refractivity contribution in [3.8, 4) is 0 Å². The molecular formula is C12H19BrN2. The molecule has 0 radical (unpaired) electrons.